The first-order valence-electron chi connectivity index (χ1n) is 9.28. The lowest BCUT2D eigenvalue weighted by Crippen LogP contribution is -2.23. The van der Waals surface area contributed by atoms with E-state index in [1.54, 1.807) is 50.2 Å². The Bertz CT molecular complexity index is 1290. The van der Waals surface area contributed by atoms with E-state index in [-0.39, 0.29) is 16.5 Å². The van der Waals surface area contributed by atoms with Crippen molar-refractivity contribution in [2.45, 2.75) is 24.7 Å². The van der Waals surface area contributed by atoms with Crippen LogP contribution in [0.2, 0.25) is 0 Å². The van der Waals surface area contributed by atoms with Gasteiger partial charge in [0.25, 0.3) is 10.0 Å². The van der Waals surface area contributed by atoms with E-state index in [4.69, 9.17) is 0 Å². The van der Waals surface area contributed by atoms with Gasteiger partial charge in [-0.05, 0) is 55.3 Å². The van der Waals surface area contributed by atoms with Gasteiger partial charge in [-0.15, -0.1) is 0 Å². The molecule has 4 rings (SSSR count). The molecule has 2 heterocycles. The van der Waals surface area contributed by atoms with Crippen LogP contribution in [-0.4, -0.2) is 30.0 Å². The van der Waals surface area contributed by atoms with Gasteiger partial charge in [-0.3, -0.25) is 18.7 Å². The topological polar surface area (TPSA) is 93.4 Å². The summed E-state index contributed by atoms with van der Waals surface area (Å²) < 4.78 is 31.4. The highest BCUT2D eigenvalue weighted by Crippen LogP contribution is 2.27. The summed E-state index contributed by atoms with van der Waals surface area (Å²) in [5, 5.41) is 0. The van der Waals surface area contributed by atoms with E-state index in [2.05, 4.69) is 4.72 Å². The predicted octanol–water partition coefficient (Wildman–Crippen LogP) is 2.11. The van der Waals surface area contributed by atoms with Crippen molar-refractivity contribution in [2.24, 2.45) is 14.1 Å². The fourth-order valence-corrected chi connectivity index (χ4v) is 4.81. The molecule has 1 aliphatic heterocycles. The van der Waals surface area contributed by atoms with Crippen molar-refractivity contribution in [3.63, 3.8) is 0 Å². The number of carbonyl (C=O) groups is 1. The molecule has 152 valence electrons. The molecule has 0 spiro atoms. The monoisotopic (exact) mass is 414 g/mol. The van der Waals surface area contributed by atoms with Crippen LogP contribution >= 0.6 is 0 Å². The van der Waals surface area contributed by atoms with E-state index in [1.807, 2.05) is 0 Å². The summed E-state index contributed by atoms with van der Waals surface area (Å²) in [7, 11) is -0.491. The first-order valence-corrected chi connectivity index (χ1v) is 10.8. The van der Waals surface area contributed by atoms with Gasteiger partial charge in [0.05, 0.1) is 21.6 Å². The van der Waals surface area contributed by atoms with Gasteiger partial charge in [0, 0.05) is 32.7 Å². The van der Waals surface area contributed by atoms with Crippen LogP contribution in [0.15, 0.2) is 46.1 Å². The smallest absolute Gasteiger partial charge is 0.312 e. The van der Waals surface area contributed by atoms with E-state index in [1.165, 1.54) is 21.3 Å². The Kier molecular flexibility index (Phi) is 4.49. The van der Waals surface area contributed by atoms with Crippen molar-refractivity contribution < 1.29 is 13.2 Å². The number of sulfonamides is 1. The van der Waals surface area contributed by atoms with E-state index in [0.717, 1.165) is 11.9 Å². The normalized spacial score (nSPS) is 14.7. The van der Waals surface area contributed by atoms with Gasteiger partial charge in [-0.1, -0.05) is 0 Å². The van der Waals surface area contributed by atoms with E-state index < -0.39 is 10.0 Å². The number of imidazole rings is 1. The third-order valence-corrected chi connectivity index (χ3v) is 6.78. The molecule has 1 saturated heterocycles. The molecule has 1 fully saturated rings. The highest BCUT2D eigenvalue weighted by Gasteiger charge is 2.23. The molecule has 0 unspecified atom stereocenters. The molecule has 0 aliphatic carbocycles. The Balaban J connectivity index is 1.66. The molecule has 1 aliphatic rings. The first-order chi connectivity index (χ1) is 13.7. The SMILES string of the molecule is Cc1cc2c(cc1NS(=O)(=O)c1ccc(N3CCCC3=O)cc1)n(C)c(=O)n2C. The maximum atomic E-state index is 12.9. The molecule has 0 radical (unpaired) electrons. The van der Waals surface area contributed by atoms with Gasteiger partial charge in [-0.25, -0.2) is 13.2 Å². The minimum atomic E-state index is -3.82. The standard InChI is InChI=1S/C20H22N4O4S/c1-13-11-17-18(23(3)20(26)22(17)2)12-16(13)21-29(27,28)15-8-6-14(7-9-15)24-10-4-5-19(24)25/h6-9,11-12,21H,4-5,10H2,1-3H3. The fraction of sp³-hybridized carbons (Fsp3) is 0.300. The van der Waals surface area contributed by atoms with Crippen molar-refractivity contribution in [3.05, 3.63) is 52.4 Å². The van der Waals surface area contributed by atoms with Gasteiger partial charge in [0.15, 0.2) is 0 Å². The lowest BCUT2D eigenvalue weighted by atomic mass is 10.2. The minimum Gasteiger partial charge on any atom is -0.312 e. The number of amides is 1. The second-order valence-corrected chi connectivity index (χ2v) is 8.99. The fourth-order valence-electron chi connectivity index (χ4n) is 3.69. The van der Waals surface area contributed by atoms with Crippen LogP contribution in [0.1, 0.15) is 18.4 Å². The molecule has 29 heavy (non-hydrogen) atoms. The van der Waals surface area contributed by atoms with Crippen molar-refractivity contribution in [3.8, 4) is 0 Å². The van der Waals surface area contributed by atoms with Crippen molar-refractivity contribution in [1.29, 1.82) is 0 Å². The Morgan fingerprint density at radius 3 is 2.17 bits per heavy atom. The molecular formula is C20H22N4O4S. The number of hydrogen-bond donors (Lipinski definition) is 1. The molecular weight excluding hydrogens is 392 g/mol. The molecule has 2 aromatic carbocycles. The number of nitrogens with one attached hydrogen (secondary N) is 1. The van der Waals surface area contributed by atoms with Gasteiger partial charge < -0.3 is 4.90 Å². The summed E-state index contributed by atoms with van der Waals surface area (Å²) in [6.45, 7) is 2.44. The predicted molar refractivity (Wildman–Crippen MR) is 112 cm³/mol. The third-order valence-electron chi connectivity index (χ3n) is 5.39. The summed E-state index contributed by atoms with van der Waals surface area (Å²) in [5.74, 6) is 0.0520. The molecule has 0 atom stereocenters. The number of fused-ring (bicyclic) bond motifs is 1. The lowest BCUT2D eigenvalue weighted by Gasteiger charge is -2.16. The molecule has 1 amide bonds. The number of hydrogen-bond acceptors (Lipinski definition) is 4. The Morgan fingerprint density at radius 2 is 1.59 bits per heavy atom. The summed E-state index contributed by atoms with van der Waals surface area (Å²) in [6, 6.07) is 9.74. The summed E-state index contributed by atoms with van der Waals surface area (Å²) in [4.78, 5) is 25.8. The molecule has 3 aromatic rings. The molecule has 8 nitrogen and oxygen atoms in total. The van der Waals surface area contributed by atoms with Crippen LogP contribution in [0.25, 0.3) is 11.0 Å². The molecule has 1 aromatic heterocycles. The first kappa shape index (κ1) is 19.3. The van der Waals surface area contributed by atoms with Crippen molar-refractivity contribution >= 4 is 38.3 Å². The average molecular weight is 414 g/mol. The zero-order valence-electron chi connectivity index (χ0n) is 16.5. The quantitative estimate of drug-likeness (QED) is 0.708. The lowest BCUT2D eigenvalue weighted by molar-refractivity contribution is -0.117. The van der Waals surface area contributed by atoms with Crippen LogP contribution in [0.5, 0.6) is 0 Å². The highest BCUT2D eigenvalue weighted by molar-refractivity contribution is 7.92. The Morgan fingerprint density at radius 1 is 0.966 bits per heavy atom. The highest BCUT2D eigenvalue weighted by atomic mass is 32.2. The van der Waals surface area contributed by atoms with Gasteiger partial charge in [-0.2, -0.15) is 0 Å². The number of aryl methyl sites for hydroxylation is 3. The maximum absolute atomic E-state index is 12.9. The molecule has 9 heteroatoms. The number of aromatic nitrogens is 2. The zero-order valence-corrected chi connectivity index (χ0v) is 17.3. The summed E-state index contributed by atoms with van der Waals surface area (Å²) in [5.41, 5.74) is 3.02. The Hall–Kier alpha value is -3.07. The second kappa shape index (κ2) is 6.77. The number of rotatable bonds is 4. The summed E-state index contributed by atoms with van der Waals surface area (Å²) >= 11 is 0. The van der Waals surface area contributed by atoms with Crippen molar-refractivity contribution in [1.82, 2.24) is 9.13 Å². The molecule has 1 N–H and O–H groups in total. The number of nitrogens with zero attached hydrogens (tertiary/aromatic N) is 3. The van der Waals surface area contributed by atoms with Gasteiger partial charge >= 0.3 is 5.69 Å². The van der Waals surface area contributed by atoms with Crippen LogP contribution in [0.3, 0.4) is 0 Å². The van der Waals surface area contributed by atoms with E-state index >= 15 is 0 Å². The van der Waals surface area contributed by atoms with Crippen LogP contribution in [0, 0.1) is 6.92 Å². The average Bonchev–Trinajstić information content (AvgIpc) is 3.20. The zero-order chi connectivity index (χ0) is 20.9. The third kappa shape index (κ3) is 3.21. The number of benzene rings is 2. The largest absolute Gasteiger partial charge is 0.328 e. The number of carbonyl (C=O) groups excluding carboxylic acids is 1. The number of anilines is 2. The van der Waals surface area contributed by atoms with E-state index in [9.17, 15) is 18.0 Å². The van der Waals surface area contributed by atoms with Crippen LogP contribution < -0.4 is 15.3 Å². The van der Waals surface area contributed by atoms with Gasteiger partial charge in [0.1, 0.15) is 0 Å². The minimum absolute atomic E-state index is 0.0520. The van der Waals surface area contributed by atoms with Crippen molar-refractivity contribution in [2.75, 3.05) is 16.2 Å². The Labute approximate surface area is 168 Å². The molecule has 0 saturated carbocycles. The van der Waals surface area contributed by atoms with Crippen LogP contribution in [-0.2, 0) is 28.9 Å². The summed E-state index contributed by atoms with van der Waals surface area (Å²) in [6.07, 6.45) is 1.33. The second-order valence-electron chi connectivity index (χ2n) is 7.30. The van der Waals surface area contributed by atoms with Crippen LogP contribution in [0.4, 0.5) is 11.4 Å². The van der Waals surface area contributed by atoms with Gasteiger partial charge in [0.2, 0.25) is 5.91 Å². The molecule has 0 bridgehead atoms. The maximum Gasteiger partial charge on any atom is 0.328 e. The van der Waals surface area contributed by atoms with E-state index in [0.29, 0.717) is 35.4 Å².